The van der Waals surface area contributed by atoms with Gasteiger partial charge in [-0.1, -0.05) is 49.6 Å². The molecular weight excluding hydrogens is 617 g/mol. The smallest absolute Gasteiger partial charge is 0.440 e. The Morgan fingerprint density at radius 2 is 1.77 bits per heavy atom. The van der Waals surface area contributed by atoms with Crippen LogP contribution >= 0.6 is 7.82 Å². The number of quaternary nitrogens is 1. The van der Waals surface area contributed by atoms with Gasteiger partial charge in [0.25, 0.3) is 0 Å². The number of hydrogen-bond acceptors (Lipinski definition) is 6. The van der Waals surface area contributed by atoms with E-state index in [0.717, 1.165) is 45.2 Å². The first-order valence-corrected chi connectivity index (χ1v) is 19.0. The van der Waals surface area contributed by atoms with Crippen molar-refractivity contribution in [2.75, 3.05) is 32.7 Å². The molecule has 4 aliphatic heterocycles. The number of piperidine rings is 3. The minimum atomic E-state index is -4.81. The second-order valence-corrected chi connectivity index (χ2v) is 16.6. The number of nitrogens with one attached hydrogen (secondary N) is 1. The highest BCUT2D eigenvalue weighted by atomic mass is 31.2. The molecule has 1 saturated carbocycles. The van der Waals surface area contributed by atoms with Gasteiger partial charge in [0.15, 0.2) is 6.10 Å². The molecule has 0 radical (unpaired) electrons. The molecule has 258 valence electrons. The molecule has 3 saturated heterocycles. The number of phosphoric ester groups is 1. The van der Waals surface area contributed by atoms with Crippen molar-refractivity contribution in [2.45, 2.75) is 102 Å². The molecule has 5 aliphatic rings. The number of β-amino-alcohol motifs (C(OH)–C–C–N with tert-alkyl or cyclic N) is 1. The van der Waals surface area contributed by atoms with E-state index in [0.29, 0.717) is 53.6 Å². The fraction of sp³-hybridized carbons (Fsp3) is 0.639. The fourth-order valence-corrected chi connectivity index (χ4v) is 9.00. The minimum Gasteiger partial charge on any atom is -0.440 e. The molecule has 2 aromatic rings. The van der Waals surface area contributed by atoms with Crippen LogP contribution in [0.2, 0.25) is 0 Å². The highest BCUT2D eigenvalue weighted by Crippen LogP contribution is 2.45. The van der Waals surface area contributed by atoms with Crippen molar-refractivity contribution in [2.24, 2.45) is 11.8 Å². The summed E-state index contributed by atoms with van der Waals surface area (Å²) in [6, 6.07) is 13.7. The Balaban J connectivity index is 1.21. The monoisotopic (exact) mass is 670 g/mol. The van der Waals surface area contributed by atoms with Gasteiger partial charge >= 0.3 is 13.9 Å². The molecule has 4 N–H and O–H groups in total. The third kappa shape index (κ3) is 8.23. The van der Waals surface area contributed by atoms with E-state index in [-0.39, 0.29) is 29.5 Å². The zero-order chi connectivity index (χ0) is 33.4. The Morgan fingerprint density at radius 3 is 2.47 bits per heavy atom. The Bertz CT molecular complexity index is 1460. The molecule has 47 heavy (non-hydrogen) atoms. The van der Waals surface area contributed by atoms with Crippen molar-refractivity contribution in [1.29, 1.82) is 0 Å². The van der Waals surface area contributed by atoms with E-state index < -0.39 is 13.9 Å². The second kappa shape index (κ2) is 13.8. The average molecular weight is 671 g/mol. The van der Waals surface area contributed by atoms with Gasteiger partial charge in [0.2, 0.25) is 0 Å². The Labute approximate surface area is 279 Å². The van der Waals surface area contributed by atoms with E-state index in [1.807, 2.05) is 31.7 Å². The molecule has 2 bridgehead atoms. The van der Waals surface area contributed by atoms with Gasteiger partial charge in [-0.2, -0.15) is 0 Å². The van der Waals surface area contributed by atoms with Crippen molar-refractivity contribution in [3.63, 3.8) is 0 Å². The predicted octanol–water partition coefficient (Wildman–Crippen LogP) is 6.00. The van der Waals surface area contributed by atoms with E-state index in [1.54, 1.807) is 12.1 Å². The SMILES string of the molecule is CC(C)(C)NCC(O)c1ccc(OP(=O)(O)O)c(C[N+]23CCC(CC2)[C@@H](OC(=O)N2CCc4ccccc4[C@@H]2C2CCCCC2)C3)c1. The molecule has 4 fully saturated rings. The number of rotatable bonds is 9. The summed E-state index contributed by atoms with van der Waals surface area (Å²) >= 11 is 0. The molecule has 2 aromatic carbocycles. The summed E-state index contributed by atoms with van der Waals surface area (Å²) in [5.41, 5.74) is 3.73. The summed E-state index contributed by atoms with van der Waals surface area (Å²) in [4.78, 5) is 35.5. The molecule has 7 rings (SSSR count). The predicted molar refractivity (Wildman–Crippen MR) is 180 cm³/mol. The lowest BCUT2D eigenvalue weighted by atomic mass is 9.77. The number of nitrogens with zero attached hydrogens (tertiary/aromatic N) is 2. The largest absolute Gasteiger partial charge is 0.524 e. The standard InChI is InChI=1S/C36H52N3O7P/c1-36(2,3)37-22-31(40)28-13-14-32(46-47(42,43)44)29(21-28)23-39-19-16-26(17-20-39)33(24-39)45-35(41)38-18-15-25-9-7-8-12-30(25)34(38)27-10-5-4-6-11-27/h7-9,12-14,21,26-27,31,33-34,37,40H,4-6,10-11,15-20,22-24H2,1-3H3,(H-,42,43,44)/p+1/t26?,31?,33-,34-,39?/m0/s1. The zero-order valence-corrected chi connectivity index (χ0v) is 29.0. The van der Waals surface area contributed by atoms with Crippen LogP contribution in [0.25, 0.3) is 0 Å². The van der Waals surface area contributed by atoms with E-state index in [2.05, 4.69) is 29.6 Å². The number of phosphoric acid groups is 1. The highest BCUT2D eigenvalue weighted by Gasteiger charge is 2.49. The number of amides is 1. The van der Waals surface area contributed by atoms with Gasteiger partial charge in [-0.05, 0) is 74.8 Å². The Kier molecular flexibility index (Phi) is 10.1. The van der Waals surface area contributed by atoms with E-state index >= 15 is 0 Å². The molecule has 0 spiro atoms. The maximum absolute atomic E-state index is 14.1. The maximum atomic E-state index is 14.1. The van der Waals surface area contributed by atoms with Crippen LogP contribution in [0.1, 0.15) is 100 Å². The van der Waals surface area contributed by atoms with Gasteiger partial charge in [0.05, 0.1) is 25.2 Å². The number of carbonyl (C=O) groups is 1. The molecule has 11 heteroatoms. The van der Waals surface area contributed by atoms with Crippen LogP contribution in [0, 0.1) is 11.8 Å². The highest BCUT2D eigenvalue weighted by molar-refractivity contribution is 7.46. The average Bonchev–Trinajstić information content (AvgIpc) is 3.03. The van der Waals surface area contributed by atoms with Crippen molar-refractivity contribution in [1.82, 2.24) is 10.2 Å². The summed E-state index contributed by atoms with van der Waals surface area (Å²) in [5, 5.41) is 14.3. The van der Waals surface area contributed by atoms with Crippen molar-refractivity contribution >= 4 is 13.9 Å². The summed E-state index contributed by atoms with van der Waals surface area (Å²) in [7, 11) is -4.81. The van der Waals surface area contributed by atoms with Gasteiger partial charge in [-0.25, -0.2) is 9.36 Å². The lowest BCUT2D eigenvalue weighted by Gasteiger charge is -2.52. The van der Waals surface area contributed by atoms with Gasteiger partial charge in [0, 0.05) is 43.0 Å². The first-order chi connectivity index (χ1) is 22.3. The maximum Gasteiger partial charge on any atom is 0.524 e. The molecule has 0 aromatic heterocycles. The number of hydrogen-bond donors (Lipinski definition) is 4. The molecule has 1 unspecified atom stereocenters. The Morgan fingerprint density at radius 1 is 1.04 bits per heavy atom. The van der Waals surface area contributed by atoms with Crippen LogP contribution in [-0.2, 0) is 22.3 Å². The summed E-state index contributed by atoms with van der Waals surface area (Å²) in [5.74, 6) is 0.858. The minimum absolute atomic E-state index is 0.0475. The molecule has 1 aliphatic carbocycles. The van der Waals surface area contributed by atoms with Crippen LogP contribution in [0.5, 0.6) is 5.75 Å². The van der Waals surface area contributed by atoms with Gasteiger partial charge in [-0.3, -0.25) is 9.79 Å². The second-order valence-electron chi connectivity index (χ2n) is 15.5. The Hall–Kier alpha value is -2.46. The van der Waals surface area contributed by atoms with Gasteiger partial charge < -0.3 is 29.1 Å². The lowest BCUT2D eigenvalue weighted by Crippen LogP contribution is -2.64. The van der Waals surface area contributed by atoms with Gasteiger partial charge in [0.1, 0.15) is 18.8 Å². The number of fused-ring (bicyclic) bond motifs is 4. The van der Waals surface area contributed by atoms with Crippen LogP contribution < -0.4 is 9.84 Å². The van der Waals surface area contributed by atoms with E-state index in [1.165, 1.54) is 30.4 Å². The third-order valence-electron chi connectivity index (χ3n) is 11.0. The molecule has 4 heterocycles. The third-order valence-corrected chi connectivity index (χ3v) is 11.4. The van der Waals surface area contributed by atoms with Crippen LogP contribution in [0.15, 0.2) is 42.5 Å². The summed E-state index contributed by atoms with van der Waals surface area (Å²) in [6.07, 6.45) is 7.35. The molecule has 3 atom stereocenters. The first-order valence-electron chi connectivity index (χ1n) is 17.5. The van der Waals surface area contributed by atoms with Crippen molar-refractivity contribution in [3.05, 3.63) is 64.7 Å². The van der Waals surface area contributed by atoms with Crippen molar-refractivity contribution in [3.8, 4) is 5.75 Å². The molecule has 1 amide bonds. The van der Waals surface area contributed by atoms with Crippen molar-refractivity contribution < 1.29 is 38.0 Å². The van der Waals surface area contributed by atoms with Gasteiger partial charge in [-0.15, -0.1) is 0 Å². The lowest BCUT2D eigenvalue weighted by molar-refractivity contribution is -0.958. The van der Waals surface area contributed by atoms with E-state index in [9.17, 15) is 24.3 Å². The number of carbonyl (C=O) groups excluding carboxylic acids is 1. The topological polar surface area (TPSA) is 129 Å². The quantitative estimate of drug-likeness (QED) is 0.189. The summed E-state index contributed by atoms with van der Waals surface area (Å²) in [6.45, 7) is 9.96. The number of ether oxygens (including phenoxy) is 1. The van der Waals surface area contributed by atoms with Crippen LogP contribution in [-0.4, -0.2) is 74.7 Å². The molecule has 10 nitrogen and oxygen atoms in total. The fourth-order valence-electron chi connectivity index (χ4n) is 8.56. The first kappa shape index (κ1) is 34.4. The number of benzene rings is 2. The number of aliphatic hydroxyl groups excluding tert-OH is 1. The van der Waals surface area contributed by atoms with Crippen LogP contribution in [0.4, 0.5) is 4.79 Å². The van der Waals surface area contributed by atoms with E-state index in [4.69, 9.17) is 9.26 Å². The number of aliphatic hydroxyl groups is 1. The summed E-state index contributed by atoms with van der Waals surface area (Å²) < 4.78 is 24.2. The molecular formula is C36H53N3O7P+. The van der Waals surface area contributed by atoms with Crippen LogP contribution in [0.3, 0.4) is 0 Å². The normalized spacial score (nSPS) is 27.3. The zero-order valence-electron chi connectivity index (χ0n) is 28.1.